The van der Waals surface area contributed by atoms with Crippen LogP contribution in [0.5, 0.6) is 5.75 Å². The first kappa shape index (κ1) is 22.0. The molecule has 0 unspecified atom stereocenters. The minimum Gasteiger partial charge on any atom is -0.497 e. The number of anilines is 1. The van der Waals surface area contributed by atoms with Gasteiger partial charge in [-0.2, -0.15) is 0 Å². The van der Waals surface area contributed by atoms with Gasteiger partial charge >= 0.3 is 0 Å². The summed E-state index contributed by atoms with van der Waals surface area (Å²) in [7, 11) is 1.62. The van der Waals surface area contributed by atoms with E-state index in [9.17, 15) is 9.59 Å². The highest BCUT2D eigenvalue weighted by atomic mass is 32.2. The number of ether oxygens (including phenoxy) is 1. The number of nitrogens with one attached hydrogen (secondary N) is 1. The van der Waals surface area contributed by atoms with Crippen molar-refractivity contribution < 1.29 is 9.53 Å². The van der Waals surface area contributed by atoms with Gasteiger partial charge in [0.1, 0.15) is 21.5 Å². The summed E-state index contributed by atoms with van der Waals surface area (Å²) in [6, 6.07) is 11.3. The van der Waals surface area contributed by atoms with Gasteiger partial charge in [0.2, 0.25) is 0 Å². The minimum absolute atomic E-state index is 0.197. The molecule has 1 amide bonds. The molecule has 0 spiro atoms. The number of thiocarbonyl (C=S) groups is 1. The number of methoxy groups -OCH3 is 1. The average molecular weight is 467 g/mol. The summed E-state index contributed by atoms with van der Waals surface area (Å²) in [4.78, 5) is 32.8. The second kappa shape index (κ2) is 9.13. The zero-order chi connectivity index (χ0) is 22.8. The molecular formula is C23H22N4O3S2. The van der Waals surface area contributed by atoms with Crippen LogP contribution in [0.1, 0.15) is 23.6 Å². The van der Waals surface area contributed by atoms with E-state index in [-0.39, 0.29) is 11.5 Å². The molecule has 164 valence electrons. The van der Waals surface area contributed by atoms with E-state index in [1.807, 2.05) is 44.2 Å². The summed E-state index contributed by atoms with van der Waals surface area (Å²) in [6.07, 6.45) is 3.27. The number of carbonyl (C=O) groups is 1. The van der Waals surface area contributed by atoms with Crippen LogP contribution in [0.25, 0.3) is 11.7 Å². The molecule has 9 heteroatoms. The number of aryl methyl sites for hydroxylation is 1. The van der Waals surface area contributed by atoms with Crippen molar-refractivity contribution in [2.75, 3.05) is 19.0 Å². The first-order chi connectivity index (χ1) is 15.4. The highest BCUT2D eigenvalue weighted by molar-refractivity contribution is 8.26. The summed E-state index contributed by atoms with van der Waals surface area (Å²) in [6.45, 7) is 4.71. The van der Waals surface area contributed by atoms with E-state index in [0.717, 1.165) is 16.9 Å². The molecule has 1 aromatic carbocycles. The fourth-order valence-electron chi connectivity index (χ4n) is 3.41. The Hall–Kier alpha value is -3.17. The lowest BCUT2D eigenvalue weighted by Gasteiger charge is -2.13. The van der Waals surface area contributed by atoms with E-state index in [2.05, 4.69) is 5.32 Å². The highest BCUT2D eigenvalue weighted by Gasteiger charge is 2.31. The number of amides is 1. The molecule has 1 aliphatic rings. The van der Waals surface area contributed by atoms with E-state index in [4.69, 9.17) is 21.9 Å². The topological polar surface area (TPSA) is 75.9 Å². The number of rotatable bonds is 6. The third-order valence-electron chi connectivity index (χ3n) is 5.17. The number of thioether (sulfide) groups is 1. The summed E-state index contributed by atoms with van der Waals surface area (Å²) in [5.41, 5.74) is 2.51. The number of fused-ring (bicyclic) bond motifs is 1. The summed E-state index contributed by atoms with van der Waals surface area (Å²) in [5, 5.41) is 3.28. The fraction of sp³-hybridized carbons (Fsp3) is 0.217. The Bertz CT molecular complexity index is 1300. The van der Waals surface area contributed by atoms with Crippen LogP contribution in [0.4, 0.5) is 5.82 Å². The molecule has 0 saturated carbocycles. The van der Waals surface area contributed by atoms with Gasteiger partial charge in [-0.1, -0.05) is 42.2 Å². The number of hydrogen-bond acceptors (Lipinski definition) is 7. The Balaban J connectivity index is 1.78. The van der Waals surface area contributed by atoms with E-state index >= 15 is 0 Å². The van der Waals surface area contributed by atoms with Crippen LogP contribution < -0.4 is 15.6 Å². The van der Waals surface area contributed by atoms with Crippen molar-refractivity contribution >= 4 is 51.7 Å². The van der Waals surface area contributed by atoms with Gasteiger partial charge in [0.05, 0.1) is 17.6 Å². The molecule has 0 aliphatic carbocycles. The molecule has 32 heavy (non-hydrogen) atoms. The van der Waals surface area contributed by atoms with Crippen molar-refractivity contribution in [2.24, 2.45) is 0 Å². The van der Waals surface area contributed by atoms with Gasteiger partial charge in [0, 0.05) is 19.3 Å². The standard InChI is InChI=1S/C23H22N4O3S2/c1-4-26-22(29)18(32-23(26)31)12-17-19(24-13-15-7-9-16(30-3)10-8-15)25-20-14(2)6-5-11-27(20)21(17)28/h5-12,24H,4,13H2,1-3H3. The van der Waals surface area contributed by atoms with E-state index in [0.29, 0.717) is 39.3 Å². The first-order valence-electron chi connectivity index (χ1n) is 10.1. The molecule has 7 nitrogen and oxygen atoms in total. The Morgan fingerprint density at radius 3 is 2.62 bits per heavy atom. The summed E-state index contributed by atoms with van der Waals surface area (Å²) < 4.78 is 7.19. The molecule has 4 rings (SSSR count). The Kier molecular flexibility index (Phi) is 6.29. The van der Waals surface area contributed by atoms with Gasteiger partial charge in [0.15, 0.2) is 0 Å². The van der Waals surface area contributed by atoms with Crippen LogP contribution in [0.2, 0.25) is 0 Å². The van der Waals surface area contributed by atoms with Crippen LogP contribution in [0.3, 0.4) is 0 Å². The predicted molar refractivity (Wildman–Crippen MR) is 132 cm³/mol. The van der Waals surface area contributed by atoms with Crippen LogP contribution >= 0.6 is 24.0 Å². The smallest absolute Gasteiger partial charge is 0.267 e. The number of carbonyl (C=O) groups excluding carboxylic acids is 1. The molecule has 1 aliphatic heterocycles. The molecule has 2 aromatic heterocycles. The second-order valence-electron chi connectivity index (χ2n) is 7.19. The molecule has 1 saturated heterocycles. The van der Waals surface area contributed by atoms with Crippen LogP contribution in [0, 0.1) is 6.92 Å². The molecule has 3 heterocycles. The molecular weight excluding hydrogens is 444 g/mol. The lowest BCUT2D eigenvalue weighted by Crippen LogP contribution is -2.27. The number of nitrogens with zero attached hydrogens (tertiary/aromatic N) is 3. The van der Waals surface area contributed by atoms with Crippen molar-refractivity contribution in [3.63, 3.8) is 0 Å². The number of aromatic nitrogens is 2. The number of likely N-dealkylation sites (N-methyl/N-ethyl adjacent to an activating group) is 1. The zero-order valence-corrected chi connectivity index (χ0v) is 19.5. The second-order valence-corrected chi connectivity index (χ2v) is 8.87. The van der Waals surface area contributed by atoms with Crippen molar-refractivity contribution in [3.8, 4) is 5.75 Å². The average Bonchev–Trinajstić information content (AvgIpc) is 3.07. The van der Waals surface area contributed by atoms with Crippen molar-refractivity contribution in [1.82, 2.24) is 14.3 Å². The van der Waals surface area contributed by atoms with Gasteiger partial charge in [-0.05, 0) is 49.2 Å². The van der Waals surface area contributed by atoms with Crippen molar-refractivity contribution in [1.29, 1.82) is 0 Å². The maximum atomic E-state index is 13.4. The third-order valence-corrected chi connectivity index (χ3v) is 6.55. The molecule has 1 N–H and O–H groups in total. The van der Waals surface area contributed by atoms with E-state index < -0.39 is 0 Å². The molecule has 0 atom stereocenters. The summed E-state index contributed by atoms with van der Waals surface area (Å²) >= 11 is 6.50. The van der Waals surface area contributed by atoms with Gasteiger partial charge in [-0.25, -0.2) is 4.98 Å². The fourth-order valence-corrected chi connectivity index (χ4v) is 4.78. The lowest BCUT2D eigenvalue weighted by molar-refractivity contribution is -0.121. The molecule has 1 fully saturated rings. The van der Waals surface area contributed by atoms with E-state index in [1.54, 1.807) is 25.4 Å². The number of hydrogen-bond donors (Lipinski definition) is 1. The van der Waals surface area contributed by atoms with Gasteiger partial charge in [-0.3, -0.25) is 18.9 Å². The SMILES string of the molecule is CCN1C(=O)C(=Cc2c(NCc3ccc(OC)cc3)nc3c(C)cccn3c2=O)SC1=S. The highest BCUT2D eigenvalue weighted by Crippen LogP contribution is 2.32. The summed E-state index contributed by atoms with van der Waals surface area (Å²) in [5.74, 6) is 0.990. The van der Waals surface area contributed by atoms with Gasteiger partial charge in [0.25, 0.3) is 11.5 Å². The Labute approximate surface area is 195 Å². The van der Waals surface area contributed by atoms with Crippen LogP contribution in [-0.2, 0) is 11.3 Å². The maximum absolute atomic E-state index is 13.4. The van der Waals surface area contributed by atoms with Crippen molar-refractivity contribution in [3.05, 3.63) is 74.5 Å². The largest absolute Gasteiger partial charge is 0.497 e. The molecule has 0 bridgehead atoms. The van der Waals surface area contributed by atoms with Gasteiger partial charge in [-0.15, -0.1) is 0 Å². The minimum atomic E-state index is -0.252. The van der Waals surface area contributed by atoms with Crippen molar-refractivity contribution in [2.45, 2.75) is 20.4 Å². The predicted octanol–water partition coefficient (Wildman–Crippen LogP) is 3.84. The molecule has 3 aromatic rings. The first-order valence-corrected chi connectivity index (χ1v) is 11.3. The quantitative estimate of drug-likeness (QED) is 0.437. The molecule has 0 radical (unpaired) electrons. The van der Waals surface area contributed by atoms with E-state index in [1.165, 1.54) is 21.1 Å². The van der Waals surface area contributed by atoms with Crippen LogP contribution in [0.15, 0.2) is 52.3 Å². The van der Waals surface area contributed by atoms with Gasteiger partial charge < -0.3 is 10.1 Å². The normalized spacial score (nSPS) is 15.1. The third kappa shape index (κ3) is 4.13. The zero-order valence-electron chi connectivity index (χ0n) is 17.9. The number of benzene rings is 1. The monoisotopic (exact) mass is 466 g/mol. The van der Waals surface area contributed by atoms with Crippen LogP contribution in [-0.4, -0.2) is 38.2 Å². The lowest BCUT2D eigenvalue weighted by atomic mass is 10.2. The Morgan fingerprint density at radius 2 is 1.97 bits per heavy atom. The Morgan fingerprint density at radius 1 is 1.22 bits per heavy atom. The number of pyridine rings is 1. The maximum Gasteiger partial charge on any atom is 0.267 e.